The van der Waals surface area contributed by atoms with Crippen molar-refractivity contribution in [3.05, 3.63) is 48.0 Å². The summed E-state index contributed by atoms with van der Waals surface area (Å²) in [6.07, 6.45) is 0.719. The molecule has 0 radical (unpaired) electrons. The number of methoxy groups -OCH3 is 1. The standard InChI is InChI=1S/C24H29N3O5S/c1-4-25(5-2)33(30,31)19-10-11-20-17(14-19)12-13-26(20)24(29)18-15-23(28)27(16-18)21-8-6-7-9-22(21)32-3/h6-11,14,18H,4-5,12-13,15-16H2,1-3H3. The average Bonchev–Trinajstić information content (AvgIpc) is 3.42. The first kappa shape index (κ1) is 23.3. The number of carbonyl (C=O) groups excluding carboxylic acids is 2. The number of rotatable bonds is 7. The summed E-state index contributed by atoms with van der Waals surface area (Å²) >= 11 is 0. The molecule has 1 fully saturated rings. The van der Waals surface area contributed by atoms with Crippen LogP contribution in [-0.4, -0.2) is 57.8 Å². The normalized spacial score (nSPS) is 18.2. The predicted molar refractivity (Wildman–Crippen MR) is 126 cm³/mol. The van der Waals surface area contributed by atoms with Crippen molar-refractivity contribution in [2.24, 2.45) is 5.92 Å². The number of fused-ring (bicyclic) bond motifs is 1. The highest BCUT2D eigenvalue weighted by Crippen LogP contribution is 2.36. The van der Waals surface area contributed by atoms with Gasteiger partial charge in [-0.15, -0.1) is 0 Å². The first-order valence-electron chi connectivity index (χ1n) is 11.2. The smallest absolute Gasteiger partial charge is 0.243 e. The van der Waals surface area contributed by atoms with E-state index in [0.29, 0.717) is 37.5 Å². The molecule has 4 rings (SSSR count). The Kier molecular flexibility index (Phi) is 6.45. The molecular weight excluding hydrogens is 442 g/mol. The number of ether oxygens (including phenoxy) is 1. The lowest BCUT2D eigenvalue weighted by atomic mass is 10.1. The fraction of sp³-hybridized carbons (Fsp3) is 0.417. The molecule has 1 atom stereocenters. The zero-order valence-electron chi connectivity index (χ0n) is 19.2. The van der Waals surface area contributed by atoms with E-state index in [2.05, 4.69) is 0 Å². The van der Waals surface area contributed by atoms with E-state index in [1.165, 1.54) is 4.31 Å². The molecule has 0 bridgehead atoms. The summed E-state index contributed by atoms with van der Waals surface area (Å²) in [6, 6.07) is 12.2. The van der Waals surface area contributed by atoms with E-state index in [1.54, 1.807) is 41.2 Å². The fourth-order valence-corrected chi connectivity index (χ4v) is 6.17. The summed E-state index contributed by atoms with van der Waals surface area (Å²) in [7, 11) is -2.01. The highest BCUT2D eigenvalue weighted by Gasteiger charge is 2.40. The Morgan fingerprint density at radius 2 is 1.85 bits per heavy atom. The van der Waals surface area contributed by atoms with Gasteiger partial charge in [0.15, 0.2) is 0 Å². The number of para-hydroxylation sites is 2. The van der Waals surface area contributed by atoms with Gasteiger partial charge in [-0.2, -0.15) is 4.31 Å². The van der Waals surface area contributed by atoms with Gasteiger partial charge in [-0.3, -0.25) is 9.59 Å². The third-order valence-corrected chi connectivity index (χ3v) is 8.45. The van der Waals surface area contributed by atoms with E-state index in [9.17, 15) is 18.0 Å². The predicted octanol–water partition coefficient (Wildman–Crippen LogP) is 2.67. The molecule has 2 aliphatic heterocycles. The molecule has 8 nitrogen and oxygen atoms in total. The van der Waals surface area contributed by atoms with Crippen molar-refractivity contribution in [1.82, 2.24) is 4.31 Å². The van der Waals surface area contributed by atoms with E-state index in [4.69, 9.17) is 4.74 Å². The van der Waals surface area contributed by atoms with Crippen LogP contribution in [0.15, 0.2) is 47.4 Å². The van der Waals surface area contributed by atoms with Crippen molar-refractivity contribution >= 4 is 33.2 Å². The number of carbonyl (C=O) groups is 2. The number of amides is 2. The van der Waals surface area contributed by atoms with Crippen molar-refractivity contribution in [1.29, 1.82) is 0 Å². The Labute approximate surface area is 194 Å². The first-order chi connectivity index (χ1) is 15.8. The summed E-state index contributed by atoms with van der Waals surface area (Å²) in [5, 5.41) is 0. The minimum atomic E-state index is -3.56. The van der Waals surface area contributed by atoms with Crippen LogP contribution in [0.3, 0.4) is 0 Å². The molecule has 2 aromatic rings. The van der Waals surface area contributed by atoms with E-state index >= 15 is 0 Å². The highest BCUT2D eigenvalue weighted by atomic mass is 32.2. The molecule has 9 heteroatoms. The maximum Gasteiger partial charge on any atom is 0.243 e. The molecule has 0 spiro atoms. The fourth-order valence-electron chi connectivity index (χ4n) is 4.66. The zero-order chi connectivity index (χ0) is 23.8. The van der Waals surface area contributed by atoms with Crippen molar-refractivity contribution in [3.63, 3.8) is 0 Å². The van der Waals surface area contributed by atoms with Gasteiger partial charge in [0, 0.05) is 38.3 Å². The Hall–Kier alpha value is -2.91. The molecular formula is C24H29N3O5S. The Bertz CT molecular complexity index is 1180. The number of nitrogens with zero attached hydrogens (tertiary/aromatic N) is 3. The molecule has 1 saturated heterocycles. The summed E-state index contributed by atoms with van der Waals surface area (Å²) in [5.74, 6) is -0.100. The van der Waals surface area contributed by atoms with Gasteiger partial charge in [-0.25, -0.2) is 8.42 Å². The Morgan fingerprint density at radius 3 is 2.55 bits per heavy atom. The number of benzene rings is 2. The molecule has 33 heavy (non-hydrogen) atoms. The van der Waals surface area contributed by atoms with E-state index in [0.717, 1.165) is 11.3 Å². The van der Waals surface area contributed by atoms with Gasteiger partial charge in [-0.05, 0) is 42.3 Å². The maximum absolute atomic E-state index is 13.4. The van der Waals surface area contributed by atoms with Gasteiger partial charge in [0.2, 0.25) is 21.8 Å². The third kappa shape index (κ3) is 4.11. The van der Waals surface area contributed by atoms with E-state index < -0.39 is 15.9 Å². The minimum absolute atomic E-state index is 0.112. The highest BCUT2D eigenvalue weighted by molar-refractivity contribution is 7.89. The van der Waals surface area contributed by atoms with Crippen LogP contribution in [0.2, 0.25) is 0 Å². The summed E-state index contributed by atoms with van der Waals surface area (Å²) in [6.45, 7) is 5.19. The van der Waals surface area contributed by atoms with Crippen molar-refractivity contribution < 1.29 is 22.7 Å². The third-order valence-electron chi connectivity index (χ3n) is 6.41. The topological polar surface area (TPSA) is 87.2 Å². The number of sulfonamides is 1. The quantitative estimate of drug-likeness (QED) is 0.620. The monoisotopic (exact) mass is 471 g/mol. The molecule has 2 aromatic carbocycles. The Balaban J connectivity index is 1.54. The van der Waals surface area contributed by atoms with Crippen LogP contribution >= 0.6 is 0 Å². The molecule has 0 N–H and O–H groups in total. The molecule has 2 amide bonds. The molecule has 2 aliphatic rings. The lowest BCUT2D eigenvalue weighted by Crippen LogP contribution is -2.36. The Morgan fingerprint density at radius 1 is 1.12 bits per heavy atom. The number of anilines is 2. The van der Waals surface area contributed by atoms with Gasteiger partial charge in [-0.1, -0.05) is 26.0 Å². The van der Waals surface area contributed by atoms with Gasteiger partial charge in [0.1, 0.15) is 5.75 Å². The number of hydrogen-bond acceptors (Lipinski definition) is 5. The second-order valence-electron chi connectivity index (χ2n) is 8.20. The summed E-state index contributed by atoms with van der Waals surface area (Å²) in [5.41, 5.74) is 2.22. The second-order valence-corrected chi connectivity index (χ2v) is 10.1. The lowest BCUT2D eigenvalue weighted by Gasteiger charge is -2.23. The van der Waals surface area contributed by atoms with Crippen molar-refractivity contribution in [2.45, 2.75) is 31.6 Å². The van der Waals surface area contributed by atoms with Crippen LogP contribution in [0, 0.1) is 5.92 Å². The van der Waals surface area contributed by atoms with Crippen molar-refractivity contribution in [2.75, 3.05) is 43.1 Å². The van der Waals surface area contributed by atoms with E-state index in [-0.39, 0.29) is 29.7 Å². The molecule has 0 aliphatic carbocycles. The summed E-state index contributed by atoms with van der Waals surface area (Å²) < 4.78 is 32.5. The SMILES string of the molecule is CCN(CC)S(=O)(=O)c1ccc2c(c1)CCN2C(=O)C1CC(=O)N(c2ccccc2OC)C1. The zero-order valence-corrected chi connectivity index (χ0v) is 20.0. The van der Waals surface area contributed by atoms with Crippen LogP contribution in [0.1, 0.15) is 25.8 Å². The van der Waals surface area contributed by atoms with Gasteiger partial charge >= 0.3 is 0 Å². The minimum Gasteiger partial charge on any atom is -0.495 e. The van der Waals surface area contributed by atoms with Gasteiger partial charge in [0.25, 0.3) is 0 Å². The van der Waals surface area contributed by atoms with Crippen LogP contribution in [0.5, 0.6) is 5.75 Å². The second kappa shape index (κ2) is 9.15. The first-order valence-corrected chi connectivity index (χ1v) is 12.6. The lowest BCUT2D eigenvalue weighted by molar-refractivity contribution is -0.124. The molecule has 176 valence electrons. The van der Waals surface area contributed by atoms with Crippen LogP contribution in [-0.2, 0) is 26.0 Å². The molecule has 0 saturated carbocycles. The molecule has 0 aromatic heterocycles. The van der Waals surface area contributed by atoms with Gasteiger partial charge in [0.05, 0.1) is 23.6 Å². The van der Waals surface area contributed by atoms with Gasteiger partial charge < -0.3 is 14.5 Å². The van der Waals surface area contributed by atoms with Crippen LogP contribution in [0.25, 0.3) is 0 Å². The molecule has 1 unspecified atom stereocenters. The van der Waals surface area contributed by atoms with Crippen LogP contribution in [0.4, 0.5) is 11.4 Å². The van der Waals surface area contributed by atoms with E-state index in [1.807, 2.05) is 32.0 Å². The maximum atomic E-state index is 13.4. The summed E-state index contributed by atoms with van der Waals surface area (Å²) in [4.78, 5) is 29.6. The van der Waals surface area contributed by atoms with Crippen molar-refractivity contribution in [3.8, 4) is 5.75 Å². The van der Waals surface area contributed by atoms with Crippen LogP contribution < -0.4 is 14.5 Å². The largest absolute Gasteiger partial charge is 0.495 e. The number of hydrogen-bond donors (Lipinski definition) is 0. The average molecular weight is 472 g/mol. The molecule has 2 heterocycles.